The van der Waals surface area contributed by atoms with Crippen molar-refractivity contribution in [3.63, 3.8) is 0 Å². The lowest BCUT2D eigenvalue weighted by Crippen LogP contribution is -2.02. The molecule has 17 heavy (non-hydrogen) atoms. The number of nitrogens with zero attached hydrogens (tertiary/aromatic N) is 1. The number of carbonyl (C=O) groups is 1. The normalized spacial score (nSPS) is 10.2. The Balaban J connectivity index is 1.97. The highest BCUT2D eigenvalue weighted by atomic mass is 35.5. The average Bonchev–Trinajstić information content (AvgIpc) is 2.73. The quantitative estimate of drug-likeness (QED) is 0.894. The average molecular weight is 269 g/mol. The number of hydrogen-bond donors (Lipinski definition) is 2. The molecule has 0 radical (unpaired) electrons. The van der Waals surface area contributed by atoms with Crippen LogP contribution in [0, 0.1) is 0 Å². The van der Waals surface area contributed by atoms with Crippen LogP contribution >= 0.6 is 22.9 Å². The van der Waals surface area contributed by atoms with E-state index in [9.17, 15) is 4.79 Å². The third kappa shape index (κ3) is 3.18. The number of aromatic carboxylic acids is 1. The van der Waals surface area contributed by atoms with Gasteiger partial charge in [0.05, 0.1) is 16.2 Å². The van der Waals surface area contributed by atoms with Crippen LogP contribution in [0.15, 0.2) is 30.5 Å². The Morgan fingerprint density at radius 3 is 2.76 bits per heavy atom. The van der Waals surface area contributed by atoms with Crippen molar-refractivity contribution in [2.75, 3.05) is 5.32 Å². The third-order valence-corrected chi connectivity index (χ3v) is 3.31. The minimum Gasteiger partial charge on any atom is -0.477 e. The number of thiophene rings is 1. The second-order valence-electron chi connectivity index (χ2n) is 3.30. The zero-order valence-corrected chi connectivity index (χ0v) is 10.3. The molecule has 2 aromatic rings. The first-order chi connectivity index (χ1) is 8.15. The molecule has 2 N–H and O–H groups in total. The zero-order chi connectivity index (χ0) is 12.3. The summed E-state index contributed by atoms with van der Waals surface area (Å²) in [6, 6.07) is 6.94. The largest absolute Gasteiger partial charge is 0.477 e. The fourth-order valence-corrected chi connectivity index (χ4v) is 2.29. The minimum atomic E-state index is -1.03. The molecule has 2 aromatic heterocycles. The van der Waals surface area contributed by atoms with E-state index in [1.165, 1.54) is 23.6 Å². The Morgan fingerprint density at radius 1 is 1.41 bits per heavy atom. The molecule has 0 aromatic carbocycles. The van der Waals surface area contributed by atoms with E-state index in [0.717, 1.165) is 14.9 Å². The van der Waals surface area contributed by atoms with Gasteiger partial charge in [0.1, 0.15) is 5.69 Å². The van der Waals surface area contributed by atoms with Crippen LogP contribution in [-0.4, -0.2) is 16.1 Å². The van der Waals surface area contributed by atoms with Crippen molar-refractivity contribution in [3.05, 3.63) is 45.4 Å². The monoisotopic (exact) mass is 268 g/mol. The summed E-state index contributed by atoms with van der Waals surface area (Å²) in [5.41, 5.74) is 0.814. The van der Waals surface area contributed by atoms with Crippen molar-refractivity contribution in [1.82, 2.24) is 4.98 Å². The van der Waals surface area contributed by atoms with E-state index >= 15 is 0 Å². The molecule has 2 rings (SSSR count). The number of hydrogen-bond acceptors (Lipinski definition) is 4. The Hall–Kier alpha value is -1.59. The number of carboxylic acids is 1. The maximum atomic E-state index is 10.6. The Bertz CT molecular complexity index is 525. The predicted molar refractivity (Wildman–Crippen MR) is 67.9 cm³/mol. The number of pyridine rings is 1. The van der Waals surface area contributed by atoms with E-state index in [-0.39, 0.29) is 5.69 Å². The fourth-order valence-electron chi connectivity index (χ4n) is 1.26. The lowest BCUT2D eigenvalue weighted by atomic mass is 10.3. The molecule has 0 atom stereocenters. The van der Waals surface area contributed by atoms with Gasteiger partial charge in [0.2, 0.25) is 0 Å². The molecule has 0 aliphatic heterocycles. The molecule has 6 heteroatoms. The van der Waals surface area contributed by atoms with Gasteiger partial charge >= 0.3 is 5.97 Å². The summed E-state index contributed by atoms with van der Waals surface area (Å²) >= 11 is 7.31. The van der Waals surface area contributed by atoms with E-state index < -0.39 is 5.97 Å². The van der Waals surface area contributed by atoms with E-state index in [1.54, 1.807) is 6.07 Å². The van der Waals surface area contributed by atoms with Gasteiger partial charge in [0.25, 0.3) is 0 Å². The predicted octanol–water partition coefficient (Wildman–Crippen LogP) is 3.11. The zero-order valence-electron chi connectivity index (χ0n) is 8.68. The van der Waals surface area contributed by atoms with Crippen LogP contribution < -0.4 is 5.32 Å². The summed E-state index contributed by atoms with van der Waals surface area (Å²) in [6.45, 7) is 0.644. The van der Waals surface area contributed by atoms with Crippen LogP contribution in [0.1, 0.15) is 15.4 Å². The highest BCUT2D eigenvalue weighted by molar-refractivity contribution is 7.16. The van der Waals surface area contributed by atoms with Gasteiger partial charge in [-0.15, -0.1) is 11.3 Å². The first-order valence-corrected chi connectivity index (χ1v) is 6.02. The molecule has 4 nitrogen and oxygen atoms in total. The minimum absolute atomic E-state index is 0.0368. The molecule has 0 aliphatic carbocycles. The molecule has 0 aliphatic rings. The van der Waals surface area contributed by atoms with E-state index in [0.29, 0.717) is 6.54 Å². The van der Waals surface area contributed by atoms with Crippen molar-refractivity contribution >= 4 is 34.6 Å². The molecule has 88 valence electrons. The number of rotatable bonds is 4. The summed E-state index contributed by atoms with van der Waals surface area (Å²) in [7, 11) is 0. The van der Waals surface area contributed by atoms with E-state index in [1.807, 2.05) is 12.1 Å². The van der Waals surface area contributed by atoms with Crippen molar-refractivity contribution in [2.24, 2.45) is 0 Å². The first kappa shape index (κ1) is 11.9. The third-order valence-electron chi connectivity index (χ3n) is 2.08. The molecule has 0 spiro atoms. The van der Waals surface area contributed by atoms with Crippen molar-refractivity contribution in [1.29, 1.82) is 0 Å². The molecule has 0 saturated heterocycles. The Kier molecular flexibility index (Phi) is 3.61. The Labute approximate surface area is 107 Å². The standard InChI is InChI=1S/C11H9ClN2O2S/c12-10-4-2-8(17-10)6-13-7-1-3-9(11(15)16)14-5-7/h1-5,13H,6H2,(H,15,16). The van der Waals surface area contributed by atoms with Gasteiger partial charge in [-0.2, -0.15) is 0 Å². The molecular formula is C11H9ClN2O2S. The maximum absolute atomic E-state index is 10.6. The first-order valence-electron chi connectivity index (χ1n) is 4.82. The van der Waals surface area contributed by atoms with Gasteiger partial charge < -0.3 is 10.4 Å². The van der Waals surface area contributed by atoms with Gasteiger partial charge in [0.15, 0.2) is 0 Å². The molecule has 0 fully saturated rings. The molecule has 2 heterocycles. The van der Waals surface area contributed by atoms with Crippen LogP contribution in [0.25, 0.3) is 0 Å². The Morgan fingerprint density at radius 2 is 2.24 bits per heavy atom. The summed E-state index contributed by atoms with van der Waals surface area (Å²) < 4.78 is 0.751. The highest BCUT2D eigenvalue weighted by Gasteiger charge is 2.03. The maximum Gasteiger partial charge on any atom is 0.354 e. The molecule has 0 unspecified atom stereocenters. The number of halogens is 1. The van der Waals surface area contributed by atoms with Crippen LogP contribution in [0.3, 0.4) is 0 Å². The van der Waals surface area contributed by atoms with Gasteiger partial charge in [-0.1, -0.05) is 11.6 Å². The van der Waals surface area contributed by atoms with E-state index in [2.05, 4.69) is 10.3 Å². The van der Waals surface area contributed by atoms with Crippen LogP contribution in [-0.2, 0) is 6.54 Å². The topological polar surface area (TPSA) is 62.2 Å². The molecule has 0 bridgehead atoms. The van der Waals surface area contributed by atoms with Gasteiger partial charge in [-0.25, -0.2) is 9.78 Å². The lowest BCUT2D eigenvalue weighted by molar-refractivity contribution is 0.0690. The summed E-state index contributed by atoms with van der Waals surface area (Å²) in [5.74, 6) is -1.03. The van der Waals surface area contributed by atoms with Crippen molar-refractivity contribution in [3.8, 4) is 0 Å². The summed E-state index contributed by atoms with van der Waals surface area (Å²) in [4.78, 5) is 15.5. The number of carboxylic acid groups (broad SMARTS) is 1. The van der Waals surface area contributed by atoms with Crippen molar-refractivity contribution < 1.29 is 9.90 Å². The SMILES string of the molecule is O=C(O)c1ccc(NCc2ccc(Cl)s2)cn1. The highest BCUT2D eigenvalue weighted by Crippen LogP contribution is 2.22. The van der Waals surface area contributed by atoms with Gasteiger partial charge in [-0.3, -0.25) is 0 Å². The van der Waals surface area contributed by atoms with Crippen LogP contribution in [0.4, 0.5) is 5.69 Å². The van der Waals surface area contributed by atoms with Gasteiger partial charge in [-0.05, 0) is 24.3 Å². The summed E-state index contributed by atoms with van der Waals surface area (Å²) in [6.07, 6.45) is 1.50. The second-order valence-corrected chi connectivity index (χ2v) is 5.10. The fraction of sp³-hybridized carbons (Fsp3) is 0.0909. The number of anilines is 1. The molecule has 0 saturated carbocycles. The smallest absolute Gasteiger partial charge is 0.354 e. The van der Waals surface area contributed by atoms with Crippen LogP contribution in [0.2, 0.25) is 4.34 Å². The van der Waals surface area contributed by atoms with Gasteiger partial charge in [0, 0.05) is 11.4 Å². The second kappa shape index (κ2) is 5.16. The summed E-state index contributed by atoms with van der Waals surface area (Å²) in [5, 5.41) is 11.8. The number of nitrogens with one attached hydrogen (secondary N) is 1. The van der Waals surface area contributed by atoms with Crippen molar-refractivity contribution in [2.45, 2.75) is 6.54 Å². The lowest BCUT2D eigenvalue weighted by Gasteiger charge is -2.04. The van der Waals surface area contributed by atoms with Crippen LogP contribution in [0.5, 0.6) is 0 Å². The molecule has 0 amide bonds. The number of aromatic nitrogens is 1. The van der Waals surface area contributed by atoms with E-state index in [4.69, 9.17) is 16.7 Å². The molecular weight excluding hydrogens is 260 g/mol.